The second-order valence-corrected chi connectivity index (χ2v) is 2.09. The van der Waals surface area contributed by atoms with Crippen LogP contribution in [0.25, 0.3) is 0 Å². The fourth-order valence-electron chi connectivity index (χ4n) is 0.645. The summed E-state index contributed by atoms with van der Waals surface area (Å²) in [6, 6.07) is -0.266. The van der Waals surface area contributed by atoms with Gasteiger partial charge in [-0.3, -0.25) is 4.94 Å². The van der Waals surface area contributed by atoms with Crippen LogP contribution in [-0.4, -0.2) is 34.9 Å². The summed E-state index contributed by atoms with van der Waals surface area (Å²) in [5, 5.41) is 13.2. The predicted molar refractivity (Wildman–Crippen MR) is 33.4 cm³/mol. The highest BCUT2D eigenvalue weighted by Crippen LogP contribution is 2.08. The molecule has 5 nitrogen and oxygen atoms in total. The van der Waals surface area contributed by atoms with Crippen LogP contribution < -0.4 is 0 Å². The molecule has 0 spiro atoms. The number of carbonyl (C=O) groups is 1. The lowest BCUT2D eigenvalue weighted by Gasteiger charge is -2.09. The van der Waals surface area contributed by atoms with Gasteiger partial charge in [0.2, 0.25) is 0 Å². The molecule has 1 aliphatic heterocycles. The Balaban J connectivity index is 2.72. The van der Waals surface area contributed by atoms with Crippen molar-refractivity contribution in [1.29, 1.82) is 0 Å². The summed E-state index contributed by atoms with van der Waals surface area (Å²) in [7, 11) is 1.63. The van der Waals surface area contributed by atoms with Crippen molar-refractivity contribution >= 4 is 11.7 Å². The maximum absolute atomic E-state index is 10.3. The van der Waals surface area contributed by atoms with E-state index in [1.165, 1.54) is 5.06 Å². The van der Waals surface area contributed by atoms with E-state index in [0.717, 1.165) is 0 Å². The monoisotopic (exact) mass is 144 g/mol. The van der Waals surface area contributed by atoms with E-state index in [1.54, 1.807) is 14.0 Å². The Morgan fingerprint density at radius 3 is 2.70 bits per heavy atom. The Morgan fingerprint density at radius 2 is 2.50 bits per heavy atom. The van der Waals surface area contributed by atoms with Crippen molar-refractivity contribution in [2.24, 2.45) is 5.16 Å². The molecular formula is C5H8N2O3. The van der Waals surface area contributed by atoms with Crippen molar-refractivity contribution in [1.82, 2.24) is 5.06 Å². The minimum absolute atomic E-state index is 0.0440. The van der Waals surface area contributed by atoms with Gasteiger partial charge in [-0.25, -0.2) is 4.79 Å². The lowest BCUT2D eigenvalue weighted by Crippen LogP contribution is -2.32. The maximum atomic E-state index is 10.3. The molecule has 0 saturated heterocycles. The fourth-order valence-corrected chi connectivity index (χ4v) is 0.645. The molecule has 0 aromatic carbocycles. The quantitative estimate of drug-likeness (QED) is 0.548. The minimum Gasteiger partial charge on any atom is -0.477 e. The molecule has 1 atom stereocenters. The van der Waals surface area contributed by atoms with E-state index in [1.807, 2.05) is 0 Å². The Kier molecular flexibility index (Phi) is 1.58. The van der Waals surface area contributed by atoms with Gasteiger partial charge in [0, 0.05) is 7.05 Å². The van der Waals surface area contributed by atoms with Crippen molar-refractivity contribution in [3.05, 3.63) is 0 Å². The number of oxime groups is 1. The Hall–Kier alpha value is -1.10. The minimum atomic E-state index is -1.03. The first kappa shape index (κ1) is 7.01. The Labute approximate surface area is 57.8 Å². The molecule has 0 fully saturated rings. The first-order valence-electron chi connectivity index (χ1n) is 2.84. The van der Waals surface area contributed by atoms with Crippen LogP contribution in [0.4, 0.5) is 0 Å². The summed E-state index contributed by atoms with van der Waals surface area (Å²) >= 11 is 0. The van der Waals surface area contributed by atoms with E-state index in [0.29, 0.717) is 0 Å². The zero-order valence-electron chi connectivity index (χ0n) is 5.74. The second kappa shape index (κ2) is 2.26. The van der Waals surface area contributed by atoms with Crippen LogP contribution in [-0.2, 0) is 9.73 Å². The highest BCUT2D eigenvalue weighted by Gasteiger charge is 2.29. The van der Waals surface area contributed by atoms with Crippen molar-refractivity contribution < 1.29 is 14.8 Å². The molecule has 0 aromatic rings. The van der Waals surface area contributed by atoms with E-state index in [9.17, 15) is 4.79 Å². The lowest BCUT2D eigenvalue weighted by atomic mass is 10.2. The fraction of sp³-hybridized carbons (Fsp3) is 0.600. The van der Waals surface area contributed by atoms with Gasteiger partial charge >= 0.3 is 5.97 Å². The highest BCUT2D eigenvalue weighted by molar-refractivity contribution is 6.37. The van der Waals surface area contributed by atoms with Crippen LogP contribution >= 0.6 is 0 Å². The number of rotatable bonds is 1. The molecule has 1 N–H and O–H groups in total. The molecule has 1 heterocycles. The van der Waals surface area contributed by atoms with E-state index < -0.39 is 5.97 Å². The number of aliphatic carboxylic acids is 1. The van der Waals surface area contributed by atoms with Gasteiger partial charge < -0.3 is 5.11 Å². The third-order valence-electron chi connectivity index (χ3n) is 1.43. The van der Waals surface area contributed by atoms with Crippen LogP contribution in [0.3, 0.4) is 0 Å². The van der Waals surface area contributed by atoms with Crippen molar-refractivity contribution in [2.45, 2.75) is 13.0 Å². The predicted octanol–water partition coefficient (Wildman–Crippen LogP) is -0.307. The standard InChI is InChI=1S/C5H8N2O3/c1-3-4(5(8)9)6-10-7(3)2/h3H,1-2H3,(H,8,9). The molecule has 0 bridgehead atoms. The SMILES string of the molecule is CC1C(C(=O)O)=NON1C. The molecule has 5 heteroatoms. The molecule has 0 amide bonds. The summed E-state index contributed by atoms with van der Waals surface area (Å²) in [6.45, 7) is 1.71. The van der Waals surface area contributed by atoms with E-state index in [2.05, 4.69) is 10.1 Å². The van der Waals surface area contributed by atoms with Gasteiger partial charge in [-0.05, 0) is 6.92 Å². The molecular weight excluding hydrogens is 136 g/mol. The summed E-state index contributed by atoms with van der Waals surface area (Å²) in [4.78, 5) is 14.9. The van der Waals surface area contributed by atoms with Gasteiger partial charge in [0.15, 0.2) is 5.71 Å². The van der Waals surface area contributed by atoms with Crippen molar-refractivity contribution in [3.8, 4) is 0 Å². The Bertz CT molecular complexity index is 189. The molecule has 0 aromatic heterocycles. The van der Waals surface area contributed by atoms with Crippen molar-refractivity contribution in [3.63, 3.8) is 0 Å². The number of hydrogen-bond donors (Lipinski definition) is 1. The van der Waals surface area contributed by atoms with E-state index in [-0.39, 0.29) is 11.8 Å². The van der Waals surface area contributed by atoms with Crippen molar-refractivity contribution in [2.75, 3.05) is 7.05 Å². The summed E-state index contributed by atoms with van der Waals surface area (Å²) in [5.74, 6) is -1.03. The zero-order valence-corrected chi connectivity index (χ0v) is 5.74. The molecule has 0 saturated carbocycles. The second-order valence-electron chi connectivity index (χ2n) is 2.09. The van der Waals surface area contributed by atoms with Gasteiger partial charge in [0.05, 0.1) is 6.04 Å². The normalized spacial score (nSPS) is 25.8. The van der Waals surface area contributed by atoms with Gasteiger partial charge in [-0.1, -0.05) is 5.16 Å². The highest BCUT2D eigenvalue weighted by atomic mass is 16.8. The summed E-state index contributed by atoms with van der Waals surface area (Å²) in [6.07, 6.45) is 0. The number of carboxylic acids is 1. The summed E-state index contributed by atoms with van der Waals surface area (Å²) in [5.41, 5.74) is 0.0440. The number of carboxylic acid groups (broad SMARTS) is 1. The molecule has 1 aliphatic rings. The maximum Gasteiger partial charge on any atom is 0.355 e. The van der Waals surface area contributed by atoms with Gasteiger partial charge in [0.1, 0.15) is 0 Å². The molecule has 10 heavy (non-hydrogen) atoms. The molecule has 56 valence electrons. The van der Waals surface area contributed by atoms with E-state index >= 15 is 0 Å². The molecule has 1 rings (SSSR count). The van der Waals surface area contributed by atoms with Crippen LogP contribution in [0.2, 0.25) is 0 Å². The van der Waals surface area contributed by atoms with Crippen LogP contribution in [0.5, 0.6) is 0 Å². The van der Waals surface area contributed by atoms with Gasteiger partial charge in [-0.15, -0.1) is 5.06 Å². The van der Waals surface area contributed by atoms with E-state index in [4.69, 9.17) is 5.11 Å². The summed E-state index contributed by atoms with van der Waals surface area (Å²) < 4.78 is 0. The van der Waals surface area contributed by atoms with Gasteiger partial charge in [0.25, 0.3) is 0 Å². The largest absolute Gasteiger partial charge is 0.477 e. The van der Waals surface area contributed by atoms with Crippen LogP contribution in [0.1, 0.15) is 6.92 Å². The van der Waals surface area contributed by atoms with Crippen LogP contribution in [0, 0.1) is 0 Å². The first-order valence-corrected chi connectivity index (χ1v) is 2.84. The lowest BCUT2D eigenvalue weighted by molar-refractivity contribution is -0.130. The number of nitrogens with zero attached hydrogens (tertiary/aromatic N) is 2. The Morgan fingerprint density at radius 1 is 1.90 bits per heavy atom. The number of hydrogen-bond acceptors (Lipinski definition) is 4. The van der Waals surface area contributed by atoms with Crippen LogP contribution in [0.15, 0.2) is 5.16 Å². The molecule has 1 unspecified atom stereocenters. The van der Waals surface area contributed by atoms with Gasteiger partial charge in [-0.2, -0.15) is 0 Å². The zero-order chi connectivity index (χ0) is 7.72. The molecule has 0 radical (unpaired) electrons. The average Bonchev–Trinajstić information content (AvgIpc) is 2.14. The smallest absolute Gasteiger partial charge is 0.355 e. The third-order valence-corrected chi connectivity index (χ3v) is 1.43. The first-order chi connectivity index (χ1) is 4.63. The third kappa shape index (κ3) is 0.950. The number of hydroxylamine groups is 2. The average molecular weight is 144 g/mol. The topological polar surface area (TPSA) is 62.1 Å². The molecule has 0 aliphatic carbocycles.